The summed E-state index contributed by atoms with van der Waals surface area (Å²) in [5.74, 6) is -1.23. The van der Waals surface area contributed by atoms with Crippen molar-refractivity contribution < 1.29 is 24.2 Å². The Balaban J connectivity index is 2.01. The molecule has 1 aliphatic rings. The van der Waals surface area contributed by atoms with Crippen molar-refractivity contribution >= 4 is 11.9 Å². The molecular weight excluding hydrogens is 300 g/mol. The predicted octanol–water partition coefficient (Wildman–Crippen LogP) is 1.40. The number of nitrogens with one attached hydrogen (secondary N) is 1. The Hall–Kier alpha value is -2.41. The van der Waals surface area contributed by atoms with Crippen molar-refractivity contribution in [2.75, 3.05) is 13.2 Å². The lowest BCUT2D eigenvalue weighted by Crippen LogP contribution is -2.40. The third-order valence-electron chi connectivity index (χ3n) is 3.38. The molecular formula is C16H20N2O5. The average molecular weight is 320 g/mol. The van der Waals surface area contributed by atoms with Gasteiger partial charge in [0.2, 0.25) is 5.88 Å². The van der Waals surface area contributed by atoms with Gasteiger partial charge in [-0.1, -0.05) is 12.2 Å². The van der Waals surface area contributed by atoms with Crippen LogP contribution in [-0.2, 0) is 9.53 Å². The molecule has 2 heterocycles. The highest BCUT2D eigenvalue weighted by atomic mass is 16.5. The van der Waals surface area contributed by atoms with Gasteiger partial charge in [0.05, 0.1) is 13.2 Å². The molecule has 0 bridgehead atoms. The van der Waals surface area contributed by atoms with Crippen LogP contribution in [0.2, 0.25) is 0 Å². The van der Waals surface area contributed by atoms with E-state index in [9.17, 15) is 9.59 Å². The van der Waals surface area contributed by atoms with Gasteiger partial charge in [0, 0.05) is 24.2 Å². The van der Waals surface area contributed by atoms with Crippen molar-refractivity contribution in [2.45, 2.75) is 31.9 Å². The van der Waals surface area contributed by atoms with Crippen LogP contribution in [0.5, 0.6) is 5.88 Å². The summed E-state index contributed by atoms with van der Waals surface area (Å²) in [5.41, 5.74) is 0.306. The summed E-state index contributed by atoms with van der Waals surface area (Å²) in [6.07, 6.45) is 5.84. The maximum Gasteiger partial charge on any atom is 0.326 e. The summed E-state index contributed by atoms with van der Waals surface area (Å²) in [6.45, 7) is 2.94. The number of carbonyl (C=O) groups excluding carboxylic acids is 1. The standard InChI is InChI=1S/C16H20N2O5/c1-2-3-4-13(16(20)21)18-15(19)11-5-7-17-14(9-11)23-12-6-8-22-10-12/h2-3,5,7,9,12-13H,4,6,8,10H2,1H3,(H,18,19)(H,20,21)/b3-2+. The maximum absolute atomic E-state index is 12.2. The van der Waals surface area contributed by atoms with E-state index in [4.69, 9.17) is 14.6 Å². The number of carbonyl (C=O) groups is 2. The Kier molecular flexibility index (Phi) is 6.10. The second kappa shape index (κ2) is 8.28. The van der Waals surface area contributed by atoms with Crippen molar-refractivity contribution in [1.29, 1.82) is 0 Å². The van der Waals surface area contributed by atoms with E-state index in [1.165, 1.54) is 18.3 Å². The van der Waals surface area contributed by atoms with Crippen LogP contribution in [0.25, 0.3) is 0 Å². The largest absolute Gasteiger partial charge is 0.480 e. The van der Waals surface area contributed by atoms with Gasteiger partial charge in [0.15, 0.2) is 0 Å². The van der Waals surface area contributed by atoms with Gasteiger partial charge in [0.25, 0.3) is 5.91 Å². The molecule has 7 nitrogen and oxygen atoms in total. The minimum atomic E-state index is -1.08. The molecule has 23 heavy (non-hydrogen) atoms. The zero-order valence-electron chi connectivity index (χ0n) is 12.9. The van der Waals surface area contributed by atoms with Crippen LogP contribution < -0.4 is 10.1 Å². The molecule has 1 fully saturated rings. The normalized spacial score (nSPS) is 18.7. The van der Waals surface area contributed by atoms with Gasteiger partial charge in [-0.2, -0.15) is 0 Å². The molecule has 0 radical (unpaired) electrons. The molecule has 0 spiro atoms. The Bertz CT molecular complexity index is 582. The molecule has 7 heteroatoms. The number of hydrogen-bond donors (Lipinski definition) is 2. The van der Waals surface area contributed by atoms with Crippen molar-refractivity contribution in [3.05, 3.63) is 36.0 Å². The Morgan fingerprint density at radius 1 is 1.61 bits per heavy atom. The number of carboxylic acids is 1. The molecule has 124 valence electrons. The lowest BCUT2D eigenvalue weighted by molar-refractivity contribution is -0.139. The fraction of sp³-hybridized carbons (Fsp3) is 0.438. The third kappa shape index (κ3) is 5.07. The SMILES string of the molecule is C/C=C/CC(NC(=O)c1ccnc(OC2CCOC2)c1)C(=O)O. The van der Waals surface area contributed by atoms with Gasteiger partial charge in [-0.15, -0.1) is 0 Å². The van der Waals surface area contributed by atoms with Crippen LogP contribution in [0, 0.1) is 0 Å². The molecule has 2 N–H and O–H groups in total. The van der Waals surface area contributed by atoms with Crippen molar-refractivity contribution in [3.8, 4) is 5.88 Å². The molecule has 1 aliphatic heterocycles. The number of amides is 1. The highest BCUT2D eigenvalue weighted by molar-refractivity contribution is 5.96. The summed E-state index contributed by atoms with van der Waals surface area (Å²) in [7, 11) is 0. The van der Waals surface area contributed by atoms with E-state index in [0.29, 0.717) is 24.7 Å². The fourth-order valence-corrected chi connectivity index (χ4v) is 2.13. The second-order valence-corrected chi connectivity index (χ2v) is 5.16. The number of pyridine rings is 1. The van der Waals surface area contributed by atoms with E-state index in [0.717, 1.165) is 6.42 Å². The quantitative estimate of drug-likeness (QED) is 0.737. The first kappa shape index (κ1) is 17.0. The molecule has 1 aromatic heterocycles. The lowest BCUT2D eigenvalue weighted by atomic mass is 10.1. The van der Waals surface area contributed by atoms with Crippen molar-refractivity contribution in [3.63, 3.8) is 0 Å². The first-order valence-corrected chi connectivity index (χ1v) is 7.45. The summed E-state index contributed by atoms with van der Waals surface area (Å²) in [5, 5.41) is 11.6. The topological polar surface area (TPSA) is 97.8 Å². The van der Waals surface area contributed by atoms with E-state index < -0.39 is 17.9 Å². The van der Waals surface area contributed by atoms with Gasteiger partial charge >= 0.3 is 5.97 Å². The number of allylic oxidation sites excluding steroid dienone is 1. The van der Waals surface area contributed by atoms with E-state index in [-0.39, 0.29) is 12.5 Å². The minimum absolute atomic E-state index is 0.0673. The van der Waals surface area contributed by atoms with Gasteiger partial charge in [-0.25, -0.2) is 9.78 Å². The molecule has 2 rings (SSSR count). The first-order valence-electron chi connectivity index (χ1n) is 7.45. The van der Waals surface area contributed by atoms with E-state index in [2.05, 4.69) is 10.3 Å². The molecule has 2 atom stereocenters. The highest BCUT2D eigenvalue weighted by Crippen LogP contribution is 2.15. The van der Waals surface area contributed by atoms with Crippen LogP contribution in [0.15, 0.2) is 30.5 Å². The highest BCUT2D eigenvalue weighted by Gasteiger charge is 2.21. The number of nitrogens with zero attached hydrogens (tertiary/aromatic N) is 1. The fourth-order valence-electron chi connectivity index (χ4n) is 2.13. The summed E-state index contributed by atoms with van der Waals surface area (Å²) in [6, 6.07) is 2.05. The molecule has 1 amide bonds. The number of aliphatic carboxylic acids is 1. The zero-order chi connectivity index (χ0) is 16.7. The number of hydrogen-bond acceptors (Lipinski definition) is 5. The van der Waals surface area contributed by atoms with Crippen LogP contribution in [0.1, 0.15) is 30.1 Å². The van der Waals surface area contributed by atoms with E-state index in [1.54, 1.807) is 19.1 Å². The number of ether oxygens (including phenoxy) is 2. The van der Waals surface area contributed by atoms with Gasteiger partial charge in [-0.3, -0.25) is 4.79 Å². The van der Waals surface area contributed by atoms with Crippen LogP contribution in [0.4, 0.5) is 0 Å². The molecule has 0 aliphatic carbocycles. The first-order chi connectivity index (χ1) is 11.1. The Morgan fingerprint density at radius 3 is 3.09 bits per heavy atom. The van der Waals surface area contributed by atoms with E-state index in [1.807, 2.05) is 0 Å². The molecule has 1 aromatic rings. The van der Waals surface area contributed by atoms with Gasteiger partial charge in [-0.05, 0) is 19.4 Å². The van der Waals surface area contributed by atoms with Crippen LogP contribution >= 0.6 is 0 Å². The zero-order valence-corrected chi connectivity index (χ0v) is 12.9. The number of aromatic nitrogens is 1. The molecule has 1 saturated heterocycles. The van der Waals surface area contributed by atoms with Gasteiger partial charge < -0.3 is 19.9 Å². The Morgan fingerprint density at radius 2 is 2.43 bits per heavy atom. The molecule has 0 aromatic carbocycles. The summed E-state index contributed by atoms with van der Waals surface area (Å²) in [4.78, 5) is 27.4. The maximum atomic E-state index is 12.2. The van der Waals surface area contributed by atoms with Gasteiger partial charge in [0.1, 0.15) is 12.1 Å². The second-order valence-electron chi connectivity index (χ2n) is 5.16. The average Bonchev–Trinajstić information content (AvgIpc) is 3.04. The number of carboxylic acid groups (broad SMARTS) is 1. The van der Waals surface area contributed by atoms with Crippen molar-refractivity contribution in [1.82, 2.24) is 10.3 Å². The molecule has 2 unspecified atom stereocenters. The van der Waals surface area contributed by atoms with E-state index >= 15 is 0 Å². The predicted molar refractivity (Wildman–Crippen MR) is 82.4 cm³/mol. The third-order valence-corrected chi connectivity index (χ3v) is 3.38. The van der Waals surface area contributed by atoms with Crippen LogP contribution in [0.3, 0.4) is 0 Å². The summed E-state index contributed by atoms with van der Waals surface area (Å²) < 4.78 is 10.9. The Labute approximate surface area is 134 Å². The monoisotopic (exact) mass is 320 g/mol. The van der Waals surface area contributed by atoms with Crippen molar-refractivity contribution in [2.24, 2.45) is 0 Å². The smallest absolute Gasteiger partial charge is 0.326 e. The summed E-state index contributed by atoms with van der Waals surface area (Å²) >= 11 is 0. The van der Waals surface area contributed by atoms with Crippen LogP contribution in [-0.4, -0.2) is 47.3 Å². The number of rotatable bonds is 7. The lowest BCUT2D eigenvalue weighted by Gasteiger charge is -2.14. The minimum Gasteiger partial charge on any atom is -0.480 e. The molecule has 0 saturated carbocycles.